The van der Waals surface area contributed by atoms with Crippen molar-refractivity contribution in [3.05, 3.63) is 17.7 Å². The first-order chi connectivity index (χ1) is 8.62. The molecule has 0 spiro atoms. The van der Waals surface area contributed by atoms with E-state index in [0.717, 1.165) is 25.1 Å². The number of ether oxygens (including phenoxy) is 2. The third-order valence-electron chi connectivity index (χ3n) is 3.06. The van der Waals surface area contributed by atoms with Crippen molar-refractivity contribution in [3.63, 3.8) is 0 Å². The zero-order chi connectivity index (χ0) is 13.5. The predicted octanol–water partition coefficient (Wildman–Crippen LogP) is 2.55. The molecule has 0 aliphatic carbocycles. The van der Waals surface area contributed by atoms with Crippen LogP contribution in [0.2, 0.25) is 0 Å². The number of aromatic hydroxyl groups is 1. The van der Waals surface area contributed by atoms with Crippen LogP contribution >= 0.6 is 0 Å². The second-order valence-electron chi connectivity index (χ2n) is 4.49. The highest BCUT2D eigenvalue weighted by atomic mass is 16.5. The van der Waals surface area contributed by atoms with E-state index in [9.17, 15) is 5.11 Å². The van der Waals surface area contributed by atoms with Crippen LogP contribution in [-0.2, 0) is 6.54 Å². The highest BCUT2D eigenvalue weighted by molar-refractivity contribution is 5.52. The SMILES string of the molecule is CCC(C)CNCc1cc(OC)c(O)c(OC)c1. The van der Waals surface area contributed by atoms with Crippen molar-refractivity contribution in [1.82, 2.24) is 5.32 Å². The molecule has 4 heteroatoms. The standard InChI is InChI=1S/C14H23NO3/c1-5-10(2)8-15-9-11-6-12(17-3)14(16)13(7-11)18-4/h6-7,10,15-16H,5,8-9H2,1-4H3. The van der Waals surface area contributed by atoms with Gasteiger partial charge in [0, 0.05) is 6.54 Å². The Morgan fingerprint density at radius 1 is 1.22 bits per heavy atom. The molecule has 2 N–H and O–H groups in total. The molecule has 4 nitrogen and oxygen atoms in total. The summed E-state index contributed by atoms with van der Waals surface area (Å²) >= 11 is 0. The summed E-state index contributed by atoms with van der Waals surface area (Å²) in [6.45, 7) is 6.10. The van der Waals surface area contributed by atoms with Gasteiger partial charge in [0.25, 0.3) is 0 Å². The molecule has 0 saturated carbocycles. The smallest absolute Gasteiger partial charge is 0.200 e. The van der Waals surface area contributed by atoms with E-state index in [1.165, 1.54) is 14.2 Å². The van der Waals surface area contributed by atoms with Crippen LogP contribution in [0.5, 0.6) is 17.2 Å². The van der Waals surface area contributed by atoms with Crippen molar-refractivity contribution in [2.24, 2.45) is 5.92 Å². The molecular formula is C14H23NO3. The van der Waals surface area contributed by atoms with Gasteiger partial charge < -0.3 is 19.9 Å². The van der Waals surface area contributed by atoms with Gasteiger partial charge >= 0.3 is 0 Å². The van der Waals surface area contributed by atoms with Crippen molar-refractivity contribution < 1.29 is 14.6 Å². The minimum atomic E-state index is 0.0469. The lowest BCUT2D eigenvalue weighted by Gasteiger charge is -2.13. The molecule has 1 atom stereocenters. The molecule has 1 unspecified atom stereocenters. The van der Waals surface area contributed by atoms with E-state index >= 15 is 0 Å². The fourth-order valence-corrected chi connectivity index (χ4v) is 1.66. The minimum Gasteiger partial charge on any atom is -0.502 e. The zero-order valence-corrected chi connectivity index (χ0v) is 11.6. The van der Waals surface area contributed by atoms with E-state index in [4.69, 9.17) is 9.47 Å². The molecule has 1 aromatic rings. The zero-order valence-electron chi connectivity index (χ0n) is 11.6. The van der Waals surface area contributed by atoms with Gasteiger partial charge in [0.15, 0.2) is 11.5 Å². The van der Waals surface area contributed by atoms with Gasteiger partial charge in [0.1, 0.15) is 0 Å². The monoisotopic (exact) mass is 253 g/mol. The molecular weight excluding hydrogens is 230 g/mol. The van der Waals surface area contributed by atoms with E-state index in [1.807, 2.05) is 12.1 Å². The average molecular weight is 253 g/mol. The maximum atomic E-state index is 9.79. The average Bonchev–Trinajstić information content (AvgIpc) is 2.39. The number of phenolic OH excluding ortho intramolecular Hbond substituents is 1. The largest absolute Gasteiger partial charge is 0.502 e. The first kappa shape index (κ1) is 14.6. The normalized spacial score (nSPS) is 12.2. The quantitative estimate of drug-likeness (QED) is 0.784. The van der Waals surface area contributed by atoms with E-state index in [1.54, 1.807) is 0 Å². The Balaban J connectivity index is 2.71. The van der Waals surface area contributed by atoms with Crippen LogP contribution in [0.25, 0.3) is 0 Å². The molecule has 18 heavy (non-hydrogen) atoms. The third-order valence-corrected chi connectivity index (χ3v) is 3.06. The molecule has 0 aliphatic heterocycles. The molecule has 102 valence electrons. The number of methoxy groups -OCH3 is 2. The fraction of sp³-hybridized carbons (Fsp3) is 0.571. The summed E-state index contributed by atoms with van der Waals surface area (Å²) in [5.74, 6) is 1.58. The van der Waals surface area contributed by atoms with Crippen LogP contribution in [0, 0.1) is 5.92 Å². The summed E-state index contributed by atoms with van der Waals surface area (Å²) in [5, 5.41) is 13.2. The van der Waals surface area contributed by atoms with Gasteiger partial charge in [-0.15, -0.1) is 0 Å². The van der Waals surface area contributed by atoms with E-state index in [-0.39, 0.29) is 5.75 Å². The van der Waals surface area contributed by atoms with Crippen LogP contribution in [0.3, 0.4) is 0 Å². The van der Waals surface area contributed by atoms with Gasteiger partial charge in [-0.25, -0.2) is 0 Å². The Morgan fingerprint density at radius 2 is 1.78 bits per heavy atom. The minimum absolute atomic E-state index is 0.0469. The van der Waals surface area contributed by atoms with Crippen molar-refractivity contribution in [1.29, 1.82) is 0 Å². The van der Waals surface area contributed by atoms with Crippen LogP contribution < -0.4 is 14.8 Å². The van der Waals surface area contributed by atoms with Crippen molar-refractivity contribution in [2.75, 3.05) is 20.8 Å². The molecule has 1 aromatic carbocycles. The topological polar surface area (TPSA) is 50.7 Å². The Morgan fingerprint density at radius 3 is 2.22 bits per heavy atom. The lowest BCUT2D eigenvalue weighted by Crippen LogP contribution is -2.20. The molecule has 0 aromatic heterocycles. The maximum absolute atomic E-state index is 9.79. The molecule has 0 heterocycles. The fourth-order valence-electron chi connectivity index (χ4n) is 1.66. The summed E-state index contributed by atoms with van der Waals surface area (Å²) in [7, 11) is 3.07. The third kappa shape index (κ3) is 3.81. The summed E-state index contributed by atoms with van der Waals surface area (Å²) in [4.78, 5) is 0. The molecule has 0 bridgehead atoms. The second kappa shape index (κ2) is 7.11. The van der Waals surface area contributed by atoms with Crippen LogP contribution in [0.4, 0.5) is 0 Å². The number of hydrogen-bond acceptors (Lipinski definition) is 4. The first-order valence-electron chi connectivity index (χ1n) is 6.26. The summed E-state index contributed by atoms with van der Waals surface area (Å²) in [5.41, 5.74) is 1.03. The Labute approximate surface area is 109 Å². The molecule has 0 fully saturated rings. The summed E-state index contributed by atoms with van der Waals surface area (Å²) in [6.07, 6.45) is 1.16. The molecule has 0 saturated heterocycles. The number of nitrogens with one attached hydrogen (secondary N) is 1. The van der Waals surface area contributed by atoms with Gasteiger partial charge in [-0.05, 0) is 30.2 Å². The molecule has 1 rings (SSSR count). The Kier molecular flexibility index (Phi) is 5.78. The molecule has 0 amide bonds. The van der Waals surface area contributed by atoms with Gasteiger partial charge in [-0.3, -0.25) is 0 Å². The number of rotatable bonds is 7. The van der Waals surface area contributed by atoms with Crippen molar-refractivity contribution >= 4 is 0 Å². The Hall–Kier alpha value is -1.42. The number of phenols is 1. The Bertz CT molecular complexity index is 354. The number of hydrogen-bond donors (Lipinski definition) is 2. The van der Waals surface area contributed by atoms with E-state index < -0.39 is 0 Å². The van der Waals surface area contributed by atoms with Gasteiger partial charge in [-0.2, -0.15) is 0 Å². The van der Waals surface area contributed by atoms with E-state index in [2.05, 4.69) is 19.2 Å². The first-order valence-corrected chi connectivity index (χ1v) is 6.26. The predicted molar refractivity (Wildman–Crippen MR) is 72.4 cm³/mol. The van der Waals surface area contributed by atoms with Crippen LogP contribution in [0.15, 0.2) is 12.1 Å². The van der Waals surface area contributed by atoms with Crippen LogP contribution in [-0.4, -0.2) is 25.9 Å². The van der Waals surface area contributed by atoms with Crippen molar-refractivity contribution in [3.8, 4) is 17.2 Å². The summed E-state index contributed by atoms with van der Waals surface area (Å²) < 4.78 is 10.2. The number of benzene rings is 1. The molecule has 0 radical (unpaired) electrons. The molecule has 0 aliphatic rings. The van der Waals surface area contributed by atoms with Gasteiger partial charge in [-0.1, -0.05) is 20.3 Å². The van der Waals surface area contributed by atoms with Gasteiger partial charge in [0.2, 0.25) is 5.75 Å². The lowest BCUT2D eigenvalue weighted by molar-refractivity contribution is 0.339. The second-order valence-corrected chi connectivity index (χ2v) is 4.49. The van der Waals surface area contributed by atoms with E-state index in [0.29, 0.717) is 17.4 Å². The maximum Gasteiger partial charge on any atom is 0.200 e. The summed E-state index contributed by atoms with van der Waals surface area (Å²) in [6, 6.07) is 3.64. The van der Waals surface area contributed by atoms with Gasteiger partial charge in [0.05, 0.1) is 14.2 Å². The van der Waals surface area contributed by atoms with Crippen LogP contribution in [0.1, 0.15) is 25.8 Å². The van der Waals surface area contributed by atoms with Crippen molar-refractivity contribution in [2.45, 2.75) is 26.8 Å². The highest BCUT2D eigenvalue weighted by Crippen LogP contribution is 2.36. The highest BCUT2D eigenvalue weighted by Gasteiger charge is 2.11. The lowest BCUT2D eigenvalue weighted by atomic mass is 10.1.